The molecule has 4 rings (SSSR count). The molecule has 1 amide bonds. The summed E-state index contributed by atoms with van der Waals surface area (Å²) in [6, 6.07) is 7.88. The maximum Gasteiger partial charge on any atom is 0.226 e. The standard InChI is InChI=1S/C19H21N7OS/c1-11-4-5-14-12(2)22-17(24-15(14)8-11)26-18-23-13(9-16(27)25-18)10-28-19-20-6-3-7-21-19/h3-8,13,18,23H,9-10H2,1-2H3,(H,25,27)(H,22,24,26). The van der Waals surface area contributed by atoms with Gasteiger partial charge in [0.15, 0.2) is 11.4 Å². The minimum absolute atomic E-state index is 0.0103. The SMILES string of the molecule is Cc1ccc2c(C)nc(NC3NC(=O)CC(CSc4ncccn4)N3)nc2c1. The highest BCUT2D eigenvalue weighted by atomic mass is 32.2. The van der Waals surface area contributed by atoms with Gasteiger partial charge in [0.05, 0.1) is 11.2 Å². The fourth-order valence-electron chi connectivity index (χ4n) is 3.09. The molecule has 1 aliphatic heterocycles. The fraction of sp³-hybridized carbons (Fsp3) is 0.316. The van der Waals surface area contributed by atoms with E-state index in [0.29, 0.717) is 23.3 Å². The highest BCUT2D eigenvalue weighted by molar-refractivity contribution is 7.99. The Bertz CT molecular complexity index is 998. The van der Waals surface area contributed by atoms with Crippen molar-refractivity contribution in [2.45, 2.75) is 37.8 Å². The molecule has 0 aliphatic carbocycles. The monoisotopic (exact) mass is 395 g/mol. The average molecular weight is 395 g/mol. The number of carbonyl (C=O) groups is 1. The Morgan fingerprint density at radius 3 is 2.86 bits per heavy atom. The Morgan fingerprint density at radius 1 is 1.21 bits per heavy atom. The third-order valence-corrected chi connectivity index (χ3v) is 5.45. The molecule has 0 spiro atoms. The zero-order valence-electron chi connectivity index (χ0n) is 15.6. The van der Waals surface area contributed by atoms with Crippen LogP contribution in [0.15, 0.2) is 41.8 Å². The van der Waals surface area contributed by atoms with E-state index < -0.39 is 6.29 Å². The molecule has 144 valence electrons. The predicted octanol–water partition coefficient (Wildman–Crippen LogP) is 2.00. The Hall–Kier alpha value is -2.78. The van der Waals surface area contributed by atoms with Gasteiger partial charge in [0.25, 0.3) is 0 Å². The van der Waals surface area contributed by atoms with Crippen LogP contribution in [-0.2, 0) is 4.79 Å². The van der Waals surface area contributed by atoms with Gasteiger partial charge in [-0.15, -0.1) is 0 Å². The molecule has 0 saturated carbocycles. The van der Waals surface area contributed by atoms with Gasteiger partial charge in [-0.3, -0.25) is 10.1 Å². The summed E-state index contributed by atoms with van der Waals surface area (Å²) < 4.78 is 0. The normalized spacial score (nSPS) is 19.4. The number of thioether (sulfide) groups is 1. The smallest absolute Gasteiger partial charge is 0.226 e. The van der Waals surface area contributed by atoms with Crippen LogP contribution in [0.4, 0.5) is 5.95 Å². The number of anilines is 1. The topological polar surface area (TPSA) is 105 Å². The van der Waals surface area contributed by atoms with Crippen LogP contribution in [0.5, 0.6) is 0 Å². The van der Waals surface area contributed by atoms with Crippen molar-refractivity contribution in [3.63, 3.8) is 0 Å². The molecule has 1 saturated heterocycles. The second kappa shape index (κ2) is 8.07. The van der Waals surface area contributed by atoms with E-state index in [-0.39, 0.29) is 11.9 Å². The van der Waals surface area contributed by atoms with Gasteiger partial charge in [-0.2, -0.15) is 0 Å². The number of nitrogens with zero attached hydrogens (tertiary/aromatic N) is 4. The van der Waals surface area contributed by atoms with Crippen LogP contribution in [0.25, 0.3) is 10.9 Å². The fourth-order valence-corrected chi connectivity index (χ4v) is 3.93. The summed E-state index contributed by atoms with van der Waals surface area (Å²) in [5, 5.41) is 11.2. The van der Waals surface area contributed by atoms with Crippen molar-refractivity contribution >= 4 is 34.5 Å². The van der Waals surface area contributed by atoms with E-state index in [0.717, 1.165) is 22.2 Å². The third-order valence-electron chi connectivity index (χ3n) is 4.41. The first-order chi connectivity index (χ1) is 13.6. The van der Waals surface area contributed by atoms with Crippen molar-refractivity contribution in [1.29, 1.82) is 0 Å². The second-order valence-electron chi connectivity index (χ2n) is 6.71. The number of aryl methyl sites for hydroxylation is 2. The van der Waals surface area contributed by atoms with Gasteiger partial charge in [0.2, 0.25) is 11.9 Å². The second-order valence-corrected chi connectivity index (χ2v) is 7.70. The maximum absolute atomic E-state index is 12.1. The highest BCUT2D eigenvalue weighted by Crippen LogP contribution is 2.19. The molecule has 1 aromatic carbocycles. The number of amides is 1. The summed E-state index contributed by atoms with van der Waals surface area (Å²) in [6.45, 7) is 3.99. The van der Waals surface area contributed by atoms with Gasteiger partial charge in [0.1, 0.15) is 0 Å². The summed E-state index contributed by atoms with van der Waals surface area (Å²) in [7, 11) is 0. The lowest BCUT2D eigenvalue weighted by Crippen LogP contribution is -2.60. The maximum atomic E-state index is 12.1. The van der Waals surface area contributed by atoms with Gasteiger partial charge in [0, 0.05) is 36.0 Å². The van der Waals surface area contributed by atoms with Gasteiger partial charge >= 0.3 is 0 Å². The molecule has 28 heavy (non-hydrogen) atoms. The number of hydrogen-bond acceptors (Lipinski definition) is 8. The minimum atomic E-state index is -0.440. The van der Waals surface area contributed by atoms with Crippen LogP contribution in [0.1, 0.15) is 17.7 Å². The molecule has 0 bridgehead atoms. The first-order valence-electron chi connectivity index (χ1n) is 9.03. The van der Waals surface area contributed by atoms with Crippen LogP contribution in [-0.4, -0.2) is 43.9 Å². The number of fused-ring (bicyclic) bond motifs is 1. The van der Waals surface area contributed by atoms with E-state index in [4.69, 9.17) is 0 Å². The van der Waals surface area contributed by atoms with Gasteiger partial charge in [-0.25, -0.2) is 19.9 Å². The molecule has 1 aliphatic rings. The first-order valence-corrected chi connectivity index (χ1v) is 10.0. The molecule has 8 nitrogen and oxygen atoms in total. The van der Waals surface area contributed by atoms with Crippen molar-refractivity contribution in [1.82, 2.24) is 30.6 Å². The molecule has 0 radical (unpaired) electrons. The average Bonchev–Trinajstić information content (AvgIpc) is 2.66. The van der Waals surface area contributed by atoms with Crippen LogP contribution < -0.4 is 16.0 Å². The molecule has 2 aromatic heterocycles. The Balaban J connectivity index is 1.45. The van der Waals surface area contributed by atoms with Crippen molar-refractivity contribution in [3.05, 3.63) is 47.9 Å². The van der Waals surface area contributed by atoms with E-state index >= 15 is 0 Å². The van der Waals surface area contributed by atoms with E-state index in [1.54, 1.807) is 18.5 Å². The van der Waals surface area contributed by atoms with Crippen molar-refractivity contribution < 1.29 is 4.79 Å². The lowest BCUT2D eigenvalue weighted by Gasteiger charge is -2.31. The first kappa shape index (κ1) is 18.6. The van der Waals surface area contributed by atoms with Crippen molar-refractivity contribution in [2.24, 2.45) is 0 Å². The van der Waals surface area contributed by atoms with Crippen LogP contribution in [0, 0.1) is 13.8 Å². The largest absolute Gasteiger partial charge is 0.323 e. The quantitative estimate of drug-likeness (QED) is 0.445. The lowest BCUT2D eigenvalue weighted by atomic mass is 10.1. The van der Waals surface area contributed by atoms with Crippen LogP contribution >= 0.6 is 11.8 Å². The third kappa shape index (κ3) is 4.37. The van der Waals surface area contributed by atoms with E-state index in [1.807, 2.05) is 32.0 Å². The summed E-state index contributed by atoms with van der Waals surface area (Å²) in [5.74, 6) is 1.14. The summed E-state index contributed by atoms with van der Waals surface area (Å²) >= 11 is 1.52. The molecule has 3 heterocycles. The summed E-state index contributed by atoms with van der Waals surface area (Å²) in [4.78, 5) is 29.7. The number of nitrogens with one attached hydrogen (secondary N) is 3. The van der Waals surface area contributed by atoms with Gasteiger partial charge in [-0.1, -0.05) is 23.9 Å². The van der Waals surface area contributed by atoms with Crippen LogP contribution in [0.3, 0.4) is 0 Å². The van der Waals surface area contributed by atoms with Gasteiger partial charge in [-0.05, 0) is 31.5 Å². The molecule has 9 heteroatoms. The number of hydrogen-bond donors (Lipinski definition) is 3. The Labute approximate surface area is 167 Å². The number of aromatic nitrogens is 4. The summed E-state index contributed by atoms with van der Waals surface area (Å²) in [5.41, 5.74) is 2.91. The Morgan fingerprint density at radius 2 is 2.04 bits per heavy atom. The highest BCUT2D eigenvalue weighted by Gasteiger charge is 2.26. The molecule has 3 aromatic rings. The molecular weight excluding hydrogens is 374 g/mol. The van der Waals surface area contributed by atoms with Crippen LogP contribution in [0.2, 0.25) is 0 Å². The van der Waals surface area contributed by atoms with Crippen molar-refractivity contribution in [3.8, 4) is 0 Å². The molecule has 1 fully saturated rings. The van der Waals surface area contributed by atoms with Crippen molar-refractivity contribution in [2.75, 3.05) is 11.1 Å². The van der Waals surface area contributed by atoms with E-state index in [2.05, 4.69) is 35.9 Å². The predicted molar refractivity (Wildman–Crippen MR) is 109 cm³/mol. The molecule has 2 atom stereocenters. The Kier molecular flexibility index (Phi) is 5.36. The number of rotatable bonds is 5. The summed E-state index contributed by atoms with van der Waals surface area (Å²) in [6.07, 6.45) is 3.38. The number of benzene rings is 1. The number of carbonyl (C=O) groups excluding carboxylic acids is 1. The minimum Gasteiger partial charge on any atom is -0.323 e. The van der Waals surface area contributed by atoms with E-state index in [9.17, 15) is 4.79 Å². The van der Waals surface area contributed by atoms with Gasteiger partial charge < -0.3 is 10.6 Å². The molecule has 2 unspecified atom stereocenters. The molecule has 3 N–H and O–H groups in total. The lowest BCUT2D eigenvalue weighted by molar-refractivity contribution is -0.123. The zero-order valence-corrected chi connectivity index (χ0v) is 16.5. The molecular formula is C19H21N7OS. The zero-order chi connectivity index (χ0) is 19.5. The van der Waals surface area contributed by atoms with E-state index in [1.165, 1.54) is 11.8 Å².